The molecular weight excluding hydrogens is 284 g/mol. The van der Waals surface area contributed by atoms with E-state index in [0.717, 1.165) is 15.9 Å². The zero-order chi connectivity index (χ0) is 12.4. The Labute approximate surface area is 107 Å². The van der Waals surface area contributed by atoms with Gasteiger partial charge in [-0.1, -0.05) is 34.1 Å². The van der Waals surface area contributed by atoms with Crippen molar-refractivity contribution in [2.24, 2.45) is 7.05 Å². The maximum atomic E-state index is 10.7. The number of nitrogens with zero attached hydrogens (tertiary/aromatic N) is 2. The van der Waals surface area contributed by atoms with Crippen molar-refractivity contribution in [1.82, 2.24) is 9.55 Å². The van der Waals surface area contributed by atoms with Gasteiger partial charge in [-0.25, -0.2) is 4.98 Å². The van der Waals surface area contributed by atoms with Gasteiger partial charge in [-0.2, -0.15) is 0 Å². The molecule has 2 rings (SSSR count). The lowest BCUT2D eigenvalue weighted by Crippen LogP contribution is -2.05. The van der Waals surface area contributed by atoms with Crippen molar-refractivity contribution in [2.45, 2.75) is 6.42 Å². The van der Waals surface area contributed by atoms with Crippen LogP contribution in [0.5, 0.6) is 0 Å². The Bertz CT molecular complexity index is 563. The lowest BCUT2D eigenvalue weighted by Gasteiger charge is -2.06. The zero-order valence-electron chi connectivity index (χ0n) is 9.22. The van der Waals surface area contributed by atoms with Crippen LogP contribution in [0, 0.1) is 0 Å². The lowest BCUT2D eigenvalue weighted by molar-refractivity contribution is -0.136. The van der Waals surface area contributed by atoms with Crippen molar-refractivity contribution in [2.75, 3.05) is 0 Å². The van der Waals surface area contributed by atoms with Crippen LogP contribution in [0.2, 0.25) is 0 Å². The molecule has 1 aromatic carbocycles. The van der Waals surface area contributed by atoms with E-state index in [1.165, 1.54) is 0 Å². The Balaban J connectivity index is 2.44. The molecule has 0 unspecified atom stereocenters. The van der Waals surface area contributed by atoms with Crippen LogP contribution in [0.4, 0.5) is 0 Å². The van der Waals surface area contributed by atoms with Gasteiger partial charge in [-0.3, -0.25) is 4.79 Å². The number of carboxylic acid groups (broad SMARTS) is 1. The molecule has 2 aromatic rings. The summed E-state index contributed by atoms with van der Waals surface area (Å²) < 4.78 is 2.74. The zero-order valence-corrected chi connectivity index (χ0v) is 10.8. The molecular formula is C12H11BrN2O2. The Morgan fingerprint density at radius 3 is 2.82 bits per heavy atom. The summed E-state index contributed by atoms with van der Waals surface area (Å²) >= 11 is 3.46. The molecule has 17 heavy (non-hydrogen) atoms. The standard InChI is InChI=1S/C12H11BrN2O2/c1-15-8(6-11(16)17)7-14-12(15)9-4-2-3-5-10(9)13/h2-5,7H,6H2,1H3,(H,16,17). The van der Waals surface area contributed by atoms with Crippen LogP contribution in [0.1, 0.15) is 5.69 Å². The van der Waals surface area contributed by atoms with Gasteiger partial charge in [0.1, 0.15) is 5.82 Å². The van der Waals surface area contributed by atoms with Gasteiger partial charge >= 0.3 is 5.97 Å². The van der Waals surface area contributed by atoms with Crippen molar-refractivity contribution >= 4 is 21.9 Å². The number of aromatic nitrogens is 2. The van der Waals surface area contributed by atoms with Crippen molar-refractivity contribution in [3.8, 4) is 11.4 Å². The largest absolute Gasteiger partial charge is 0.481 e. The minimum absolute atomic E-state index is 0.0199. The molecule has 4 nitrogen and oxygen atoms in total. The molecule has 88 valence electrons. The number of imidazole rings is 1. The summed E-state index contributed by atoms with van der Waals surface area (Å²) in [5, 5.41) is 8.78. The van der Waals surface area contributed by atoms with E-state index in [9.17, 15) is 4.79 Å². The number of carboxylic acids is 1. The number of hydrogen-bond donors (Lipinski definition) is 1. The molecule has 1 N–H and O–H groups in total. The van der Waals surface area contributed by atoms with Gasteiger partial charge in [0.05, 0.1) is 6.42 Å². The highest BCUT2D eigenvalue weighted by Gasteiger charge is 2.12. The number of rotatable bonds is 3. The highest BCUT2D eigenvalue weighted by atomic mass is 79.9. The first-order valence-corrected chi connectivity index (χ1v) is 5.86. The lowest BCUT2D eigenvalue weighted by atomic mass is 10.2. The minimum Gasteiger partial charge on any atom is -0.481 e. The predicted molar refractivity (Wildman–Crippen MR) is 67.7 cm³/mol. The molecule has 0 bridgehead atoms. The second kappa shape index (κ2) is 4.71. The summed E-state index contributed by atoms with van der Waals surface area (Å²) in [5.74, 6) is -0.0968. The molecule has 0 spiro atoms. The Morgan fingerprint density at radius 1 is 1.47 bits per heavy atom. The normalized spacial score (nSPS) is 10.5. The van der Waals surface area contributed by atoms with E-state index in [1.807, 2.05) is 31.3 Å². The van der Waals surface area contributed by atoms with Crippen molar-refractivity contribution in [1.29, 1.82) is 0 Å². The van der Waals surface area contributed by atoms with E-state index in [1.54, 1.807) is 10.8 Å². The second-order valence-corrected chi connectivity index (χ2v) is 4.54. The predicted octanol–water partition coefficient (Wildman–Crippen LogP) is 2.48. The van der Waals surface area contributed by atoms with E-state index < -0.39 is 5.97 Å². The molecule has 0 radical (unpaired) electrons. The van der Waals surface area contributed by atoms with Crippen LogP contribution in [0.3, 0.4) is 0 Å². The molecule has 0 atom stereocenters. The quantitative estimate of drug-likeness (QED) is 0.946. The summed E-state index contributed by atoms with van der Waals surface area (Å²) in [6.07, 6.45) is 1.58. The van der Waals surface area contributed by atoms with Crippen molar-refractivity contribution in [3.63, 3.8) is 0 Å². The summed E-state index contributed by atoms with van der Waals surface area (Å²) in [5.41, 5.74) is 1.63. The van der Waals surface area contributed by atoms with E-state index in [-0.39, 0.29) is 6.42 Å². The molecule has 0 aliphatic rings. The SMILES string of the molecule is Cn1c(CC(=O)O)cnc1-c1ccccc1Br. The molecule has 0 aliphatic carbocycles. The first kappa shape index (κ1) is 11.9. The van der Waals surface area contributed by atoms with E-state index in [4.69, 9.17) is 5.11 Å². The van der Waals surface area contributed by atoms with Gasteiger partial charge in [0.25, 0.3) is 0 Å². The highest BCUT2D eigenvalue weighted by molar-refractivity contribution is 9.10. The van der Waals surface area contributed by atoms with Crippen LogP contribution in [0.15, 0.2) is 34.9 Å². The number of aliphatic carboxylic acids is 1. The van der Waals surface area contributed by atoms with Crippen LogP contribution in [0.25, 0.3) is 11.4 Å². The van der Waals surface area contributed by atoms with E-state index in [0.29, 0.717) is 5.69 Å². The maximum Gasteiger partial charge on any atom is 0.309 e. The van der Waals surface area contributed by atoms with Crippen LogP contribution in [-0.4, -0.2) is 20.6 Å². The van der Waals surface area contributed by atoms with Gasteiger partial charge in [0, 0.05) is 29.0 Å². The minimum atomic E-state index is -0.855. The summed E-state index contributed by atoms with van der Waals surface area (Å²) in [7, 11) is 1.82. The molecule has 0 saturated heterocycles. The number of benzene rings is 1. The molecule has 1 heterocycles. The monoisotopic (exact) mass is 294 g/mol. The fourth-order valence-electron chi connectivity index (χ4n) is 1.66. The van der Waals surface area contributed by atoms with Crippen LogP contribution in [-0.2, 0) is 18.3 Å². The van der Waals surface area contributed by atoms with Crippen molar-refractivity contribution < 1.29 is 9.90 Å². The molecule has 0 fully saturated rings. The Kier molecular flexibility index (Phi) is 3.28. The molecule has 1 aromatic heterocycles. The van der Waals surface area contributed by atoms with Gasteiger partial charge < -0.3 is 9.67 Å². The number of halogens is 1. The second-order valence-electron chi connectivity index (χ2n) is 3.68. The molecule has 5 heteroatoms. The topological polar surface area (TPSA) is 55.1 Å². The van der Waals surface area contributed by atoms with Crippen molar-refractivity contribution in [3.05, 3.63) is 40.6 Å². The Morgan fingerprint density at radius 2 is 2.18 bits per heavy atom. The number of carbonyl (C=O) groups is 1. The van der Waals surface area contributed by atoms with Gasteiger partial charge in [-0.05, 0) is 6.07 Å². The third-order valence-corrected chi connectivity index (χ3v) is 3.22. The van der Waals surface area contributed by atoms with E-state index >= 15 is 0 Å². The smallest absolute Gasteiger partial charge is 0.309 e. The third-order valence-electron chi connectivity index (χ3n) is 2.53. The fourth-order valence-corrected chi connectivity index (χ4v) is 2.12. The van der Waals surface area contributed by atoms with Gasteiger partial charge in [0.2, 0.25) is 0 Å². The van der Waals surface area contributed by atoms with Gasteiger partial charge in [-0.15, -0.1) is 0 Å². The number of hydrogen-bond acceptors (Lipinski definition) is 2. The molecule has 0 amide bonds. The summed E-state index contributed by atoms with van der Waals surface area (Å²) in [6.45, 7) is 0. The summed E-state index contributed by atoms with van der Waals surface area (Å²) in [6, 6.07) is 7.72. The Hall–Kier alpha value is -1.62. The van der Waals surface area contributed by atoms with Gasteiger partial charge in [0.15, 0.2) is 0 Å². The van der Waals surface area contributed by atoms with Crippen LogP contribution >= 0.6 is 15.9 Å². The fraction of sp³-hybridized carbons (Fsp3) is 0.167. The third kappa shape index (κ3) is 2.39. The molecule has 0 saturated carbocycles. The summed E-state index contributed by atoms with van der Waals surface area (Å²) in [4.78, 5) is 15.0. The molecule has 0 aliphatic heterocycles. The maximum absolute atomic E-state index is 10.7. The average molecular weight is 295 g/mol. The average Bonchev–Trinajstić information content (AvgIpc) is 2.61. The van der Waals surface area contributed by atoms with Crippen LogP contribution < -0.4 is 0 Å². The van der Waals surface area contributed by atoms with E-state index in [2.05, 4.69) is 20.9 Å². The highest BCUT2D eigenvalue weighted by Crippen LogP contribution is 2.27. The first-order valence-electron chi connectivity index (χ1n) is 5.07. The first-order chi connectivity index (χ1) is 8.09.